The molecule has 0 spiro atoms. The number of piperazine rings is 1. The molecule has 1 N–H and O–H groups in total. The Morgan fingerprint density at radius 3 is 2.06 bits per heavy atom. The van der Waals surface area contributed by atoms with Gasteiger partial charge in [-0.3, -0.25) is 4.90 Å². The molecule has 1 saturated heterocycles. The molecule has 180 valence electrons. The largest absolute Gasteiger partial charge is 0.465 e. The molecule has 1 aromatic heterocycles. The number of nitrogens with zero attached hydrogens (tertiary/aromatic N) is 2. The Kier molecular flexibility index (Phi) is 6.39. The fourth-order valence-corrected chi connectivity index (χ4v) is 8.59. The average molecular weight is 492 g/mol. The van der Waals surface area contributed by atoms with E-state index < -0.39 is 11.9 Å². The monoisotopic (exact) mass is 491 g/mol. The standard InChI is InChI=1S/C24H33N3O4S2/c1-13-18(22(28)30-2)21(33-20(13)23(29)31-3)25-24(32)27-6-4-26(5-7-27)19-16-9-14-8-15(11-16)12-17(19)10-14/h14-17,19H,4-12H2,1-3H3,(H,25,32). The van der Waals surface area contributed by atoms with Gasteiger partial charge in [-0.25, -0.2) is 9.59 Å². The molecule has 1 aliphatic heterocycles. The Morgan fingerprint density at radius 2 is 1.52 bits per heavy atom. The number of thiophene rings is 1. The Labute approximate surface area is 204 Å². The van der Waals surface area contributed by atoms with Crippen LogP contribution in [0.5, 0.6) is 0 Å². The first kappa shape index (κ1) is 23.1. The van der Waals surface area contributed by atoms with Gasteiger partial charge in [-0.15, -0.1) is 11.3 Å². The quantitative estimate of drug-likeness (QED) is 0.504. The molecule has 5 fully saturated rings. The van der Waals surface area contributed by atoms with Crippen molar-refractivity contribution in [3.05, 3.63) is 16.0 Å². The second kappa shape index (κ2) is 9.15. The van der Waals surface area contributed by atoms with Crippen molar-refractivity contribution in [2.75, 3.05) is 45.7 Å². The summed E-state index contributed by atoms with van der Waals surface area (Å²) in [6, 6.07) is 0.759. The maximum absolute atomic E-state index is 12.4. The first-order valence-electron chi connectivity index (χ1n) is 12.0. The summed E-state index contributed by atoms with van der Waals surface area (Å²) < 4.78 is 9.82. The molecule has 6 rings (SSSR count). The fourth-order valence-electron chi connectivity index (χ4n) is 7.13. The van der Waals surface area contributed by atoms with E-state index in [9.17, 15) is 9.59 Å². The molecule has 0 aromatic carbocycles. The van der Waals surface area contributed by atoms with Crippen molar-refractivity contribution in [3.63, 3.8) is 0 Å². The van der Waals surface area contributed by atoms with E-state index in [0.717, 1.165) is 55.9 Å². The molecule has 0 amide bonds. The number of rotatable bonds is 4. The number of hydrogen-bond acceptors (Lipinski definition) is 7. The van der Waals surface area contributed by atoms with Crippen LogP contribution in [0.25, 0.3) is 0 Å². The third kappa shape index (κ3) is 4.17. The van der Waals surface area contributed by atoms with E-state index in [1.807, 2.05) is 0 Å². The highest BCUT2D eigenvalue weighted by Gasteiger charge is 2.50. The summed E-state index contributed by atoms with van der Waals surface area (Å²) >= 11 is 6.90. The zero-order chi connectivity index (χ0) is 23.3. The molecule has 4 aliphatic carbocycles. The van der Waals surface area contributed by atoms with Gasteiger partial charge in [0.25, 0.3) is 0 Å². The summed E-state index contributed by atoms with van der Waals surface area (Å²) in [7, 11) is 2.67. The zero-order valence-electron chi connectivity index (χ0n) is 19.6. The van der Waals surface area contributed by atoms with Crippen molar-refractivity contribution in [2.24, 2.45) is 23.7 Å². The average Bonchev–Trinajstić information content (AvgIpc) is 3.13. The Bertz CT molecular complexity index is 926. The molecule has 4 bridgehead atoms. The van der Waals surface area contributed by atoms with Crippen molar-refractivity contribution in [1.29, 1.82) is 0 Å². The van der Waals surface area contributed by atoms with E-state index in [-0.39, 0.29) is 0 Å². The topological polar surface area (TPSA) is 71.1 Å². The Balaban J connectivity index is 1.24. The van der Waals surface area contributed by atoms with Crippen LogP contribution in [0, 0.1) is 30.6 Å². The molecule has 4 saturated carbocycles. The third-order valence-electron chi connectivity index (χ3n) is 8.33. The zero-order valence-corrected chi connectivity index (χ0v) is 21.2. The van der Waals surface area contributed by atoms with Gasteiger partial charge >= 0.3 is 11.9 Å². The normalized spacial score (nSPS) is 30.9. The lowest BCUT2D eigenvalue weighted by Gasteiger charge is -2.58. The van der Waals surface area contributed by atoms with E-state index in [0.29, 0.717) is 26.1 Å². The summed E-state index contributed by atoms with van der Waals surface area (Å²) in [5, 5.41) is 4.35. The van der Waals surface area contributed by atoms with E-state index in [4.69, 9.17) is 21.7 Å². The van der Waals surface area contributed by atoms with Crippen molar-refractivity contribution in [2.45, 2.75) is 45.1 Å². The summed E-state index contributed by atoms with van der Waals surface area (Å²) in [6.45, 7) is 5.52. The van der Waals surface area contributed by atoms with Gasteiger partial charge in [0.05, 0.1) is 19.8 Å². The minimum absolute atomic E-state index is 0.345. The van der Waals surface area contributed by atoms with Crippen LogP contribution in [0.1, 0.15) is 57.7 Å². The highest BCUT2D eigenvalue weighted by molar-refractivity contribution is 7.80. The lowest BCUT2D eigenvalue weighted by molar-refractivity contribution is -0.0726. The van der Waals surface area contributed by atoms with Gasteiger partial charge < -0.3 is 19.7 Å². The van der Waals surface area contributed by atoms with Gasteiger partial charge in [0, 0.05) is 32.2 Å². The van der Waals surface area contributed by atoms with Crippen LogP contribution in [-0.4, -0.2) is 73.3 Å². The molecular weight excluding hydrogens is 458 g/mol. The molecule has 7 nitrogen and oxygen atoms in total. The molecule has 0 unspecified atom stereocenters. The van der Waals surface area contributed by atoms with Crippen LogP contribution in [0.2, 0.25) is 0 Å². The highest BCUT2D eigenvalue weighted by atomic mass is 32.1. The first-order valence-corrected chi connectivity index (χ1v) is 13.2. The van der Waals surface area contributed by atoms with Crippen LogP contribution in [0.4, 0.5) is 5.00 Å². The molecule has 0 atom stereocenters. The van der Waals surface area contributed by atoms with Gasteiger partial charge in [0.1, 0.15) is 9.88 Å². The van der Waals surface area contributed by atoms with Gasteiger partial charge in [0.15, 0.2) is 5.11 Å². The van der Waals surface area contributed by atoms with Crippen molar-refractivity contribution in [1.82, 2.24) is 9.80 Å². The van der Waals surface area contributed by atoms with E-state index in [2.05, 4.69) is 15.1 Å². The second-order valence-corrected chi connectivity index (χ2v) is 11.5. The second-order valence-electron chi connectivity index (χ2n) is 10.1. The summed E-state index contributed by atoms with van der Waals surface area (Å²) in [5.74, 6) is 2.82. The predicted molar refractivity (Wildman–Crippen MR) is 132 cm³/mol. The van der Waals surface area contributed by atoms with Gasteiger partial charge in [-0.05, 0) is 80.5 Å². The molecule has 1 aromatic rings. The van der Waals surface area contributed by atoms with E-state index in [1.165, 1.54) is 57.7 Å². The number of nitrogens with one attached hydrogen (secondary N) is 1. The number of esters is 2. The number of carbonyl (C=O) groups excluding carboxylic acids is 2. The number of anilines is 1. The molecule has 5 aliphatic rings. The van der Waals surface area contributed by atoms with Gasteiger partial charge in [0.2, 0.25) is 0 Å². The van der Waals surface area contributed by atoms with Crippen LogP contribution < -0.4 is 5.32 Å². The molecule has 0 radical (unpaired) electrons. The lowest BCUT2D eigenvalue weighted by atomic mass is 9.54. The highest BCUT2D eigenvalue weighted by Crippen LogP contribution is 2.55. The van der Waals surface area contributed by atoms with Crippen molar-refractivity contribution >= 4 is 45.6 Å². The Hall–Kier alpha value is -1.71. The van der Waals surface area contributed by atoms with E-state index in [1.54, 1.807) is 6.92 Å². The number of hydrogen-bond donors (Lipinski definition) is 1. The maximum atomic E-state index is 12.4. The lowest BCUT2D eigenvalue weighted by Crippen LogP contribution is -2.60. The molecule has 9 heteroatoms. The first-order chi connectivity index (χ1) is 15.9. The molecule has 2 heterocycles. The number of methoxy groups -OCH3 is 2. The number of thiocarbonyl (C=S) groups is 1. The fraction of sp³-hybridized carbons (Fsp3) is 0.708. The van der Waals surface area contributed by atoms with Crippen molar-refractivity contribution in [3.8, 4) is 0 Å². The minimum atomic E-state index is -0.490. The summed E-state index contributed by atoms with van der Waals surface area (Å²) in [6.07, 6.45) is 7.24. The number of ether oxygens (including phenoxy) is 2. The molecular formula is C24H33N3O4S2. The van der Waals surface area contributed by atoms with Crippen LogP contribution >= 0.6 is 23.6 Å². The van der Waals surface area contributed by atoms with Gasteiger partial charge in [-0.2, -0.15) is 0 Å². The minimum Gasteiger partial charge on any atom is -0.465 e. The Morgan fingerprint density at radius 1 is 0.939 bits per heavy atom. The summed E-state index contributed by atoms with van der Waals surface area (Å²) in [4.78, 5) is 29.8. The number of carbonyl (C=O) groups is 2. The third-order valence-corrected chi connectivity index (χ3v) is 9.88. The van der Waals surface area contributed by atoms with Crippen LogP contribution in [-0.2, 0) is 9.47 Å². The smallest absolute Gasteiger partial charge is 0.348 e. The maximum Gasteiger partial charge on any atom is 0.348 e. The van der Waals surface area contributed by atoms with Crippen molar-refractivity contribution < 1.29 is 19.1 Å². The van der Waals surface area contributed by atoms with E-state index >= 15 is 0 Å². The SMILES string of the molecule is COC(=O)c1sc(NC(=S)N2CCN(C3C4CC5CC(C4)CC3C5)CC2)c(C(=O)OC)c1C. The predicted octanol–water partition coefficient (Wildman–Crippen LogP) is 3.77. The van der Waals surface area contributed by atoms with Crippen LogP contribution in [0.3, 0.4) is 0 Å². The van der Waals surface area contributed by atoms with Crippen LogP contribution in [0.15, 0.2) is 0 Å². The summed E-state index contributed by atoms with van der Waals surface area (Å²) in [5.41, 5.74) is 0.896. The van der Waals surface area contributed by atoms with Gasteiger partial charge in [-0.1, -0.05) is 0 Å². The molecule has 33 heavy (non-hydrogen) atoms.